The third-order valence-electron chi connectivity index (χ3n) is 3.12. The number of nitrogens with one attached hydrogen (secondary N) is 1. The SMILES string of the molecule is COCC(Nc1cc(C(N)=O)ccc1Cl)c1ccccc1. The van der Waals surface area contributed by atoms with Crippen LogP contribution in [0, 0.1) is 0 Å². The second-order valence-corrected chi connectivity index (χ2v) is 5.03. The first kappa shape index (κ1) is 15.4. The zero-order valence-corrected chi connectivity index (χ0v) is 12.4. The lowest BCUT2D eigenvalue weighted by Crippen LogP contribution is -2.17. The molecule has 4 nitrogen and oxygen atoms in total. The van der Waals surface area contributed by atoms with Gasteiger partial charge in [0.25, 0.3) is 0 Å². The number of anilines is 1. The minimum Gasteiger partial charge on any atom is -0.382 e. The highest BCUT2D eigenvalue weighted by Gasteiger charge is 2.14. The molecular weight excluding hydrogens is 288 g/mol. The molecule has 0 aromatic heterocycles. The van der Waals surface area contributed by atoms with Gasteiger partial charge in [-0.3, -0.25) is 4.79 Å². The van der Waals surface area contributed by atoms with Crippen LogP contribution in [0.25, 0.3) is 0 Å². The van der Waals surface area contributed by atoms with E-state index in [1.54, 1.807) is 25.3 Å². The molecular formula is C16H17ClN2O2. The van der Waals surface area contributed by atoms with Gasteiger partial charge in [-0.1, -0.05) is 41.9 Å². The first-order chi connectivity index (χ1) is 10.1. The maximum Gasteiger partial charge on any atom is 0.248 e. The number of hydrogen-bond donors (Lipinski definition) is 2. The highest BCUT2D eigenvalue weighted by Crippen LogP contribution is 2.27. The minimum atomic E-state index is -0.488. The smallest absolute Gasteiger partial charge is 0.248 e. The predicted octanol–water partition coefficient (Wildman–Crippen LogP) is 3.24. The number of halogens is 1. The van der Waals surface area contributed by atoms with Gasteiger partial charge in [-0.15, -0.1) is 0 Å². The monoisotopic (exact) mass is 304 g/mol. The Morgan fingerprint density at radius 1 is 1.29 bits per heavy atom. The van der Waals surface area contributed by atoms with Gasteiger partial charge in [0, 0.05) is 12.7 Å². The molecule has 0 fully saturated rings. The molecule has 1 unspecified atom stereocenters. The van der Waals surface area contributed by atoms with Crippen molar-refractivity contribution < 1.29 is 9.53 Å². The topological polar surface area (TPSA) is 64.3 Å². The van der Waals surface area contributed by atoms with Gasteiger partial charge in [0.15, 0.2) is 0 Å². The third kappa shape index (κ3) is 3.97. The van der Waals surface area contributed by atoms with Crippen molar-refractivity contribution in [2.75, 3.05) is 19.0 Å². The van der Waals surface area contributed by atoms with Crippen LogP contribution in [0.15, 0.2) is 48.5 Å². The van der Waals surface area contributed by atoms with Crippen LogP contribution in [0.1, 0.15) is 22.0 Å². The number of carbonyl (C=O) groups is 1. The van der Waals surface area contributed by atoms with E-state index in [9.17, 15) is 4.79 Å². The predicted molar refractivity (Wildman–Crippen MR) is 84.7 cm³/mol. The average molecular weight is 305 g/mol. The summed E-state index contributed by atoms with van der Waals surface area (Å²) < 4.78 is 5.25. The lowest BCUT2D eigenvalue weighted by Gasteiger charge is -2.20. The standard InChI is InChI=1S/C16H17ClN2O2/c1-21-10-15(11-5-3-2-4-6-11)19-14-9-12(16(18)20)7-8-13(14)17/h2-9,15,19H,10H2,1H3,(H2,18,20). The molecule has 3 N–H and O–H groups in total. The van der Waals surface area contributed by atoms with Gasteiger partial charge in [-0.25, -0.2) is 0 Å². The van der Waals surface area contributed by atoms with Gasteiger partial charge in [-0.2, -0.15) is 0 Å². The summed E-state index contributed by atoms with van der Waals surface area (Å²) in [6.45, 7) is 0.473. The van der Waals surface area contributed by atoms with Crippen LogP contribution in [-0.4, -0.2) is 19.6 Å². The van der Waals surface area contributed by atoms with Gasteiger partial charge in [0.1, 0.15) is 0 Å². The van der Waals surface area contributed by atoms with Gasteiger partial charge in [-0.05, 0) is 23.8 Å². The average Bonchev–Trinajstić information content (AvgIpc) is 2.49. The molecule has 2 rings (SSSR count). The Kier molecular flexibility index (Phi) is 5.20. The maximum absolute atomic E-state index is 11.3. The van der Waals surface area contributed by atoms with E-state index in [1.165, 1.54) is 0 Å². The molecule has 0 heterocycles. The van der Waals surface area contributed by atoms with Crippen LogP contribution in [-0.2, 0) is 4.74 Å². The molecule has 0 radical (unpaired) electrons. The molecule has 2 aromatic carbocycles. The number of amides is 1. The van der Waals surface area contributed by atoms with Crippen LogP contribution in [0.2, 0.25) is 5.02 Å². The Morgan fingerprint density at radius 2 is 2.00 bits per heavy atom. The summed E-state index contributed by atoms with van der Waals surface area (Å²) >= 11 is 6.18. The lowest BCUT2D eigenvalue weighted by molar-refractivity contribution is 0.100. The van der Waals surface area contributed by atoms with E-state index in [2.05, 4.69) is 5.32 Å². The number of primary amides is 1. The summed E-state index contributed by atoms with van der Waals surface area (Å²) in [6.07, 6.45) is 0. The number of rotatable bonds is 6. The number of ether oxygens (including phenoxy) is 1. The molecule has 0 bridgehead atoms. The summed E-state index contributed by atoms with van der Waals surface area (Å²) in [5, 5.41) is 3.82. The van der Waals surface area contributed by atoms with Crippen LogP contribution in [0.4, 0.5) is 5.69 Å². The van der Waals surface area contributed by atoms with Gasteiger partial charge < -0.3 is 15.8 Å². The Bertz CT molecular complexity index is 617. The first-order valence-corrected chi connectivity index (χ1v) is 6.89. The largest absolute Gasteiger partial charge is 0.382 e. The minimum absolute atomic E-state index is 0.0724. The normalized spacial score (nSPS) is 11.9. The molecule has 0 aliphatic rings. The fourth-order valence-electron chi connectivity index (χ4n) is 2.05. The van der Waals surface area contributed by atoms with E-state index in [1.807, 2.05) is 30.3 Å². The zero-order chi connectivity index (χ0) is 15.2. The Hall–Kier alpha value is -2.04. The molecule has 2 aromatic rings. The second kappa shape index (κ2) is 7.11. The van der Waals surface area contributed by atoms with Crippen molar-refractivity contribution in [3.05, 3.63) is 64.7 Å². The van der Waals surface area contributed by atoms with Crippen molar-refractivity contribution in [3.63, 3.8) is 0 Å². The van der Waals surface area contributed by atoms with Gasteiger partial charge in [0.2, 0.25) is 5.91 Å². The summed E-state index contributed by atoms with van der Waals surface area (Å²) in [7, 11) is 1.64. The highest BCUT2D eigenvalue weighted by atomic mass is 35.5. The van der Waals surface area contributed by atoms with Crippen molar-refractivity contribution in [1.82, 2.24) is 0 Å². The number of benzene rings is 2. The van der Waals surface area contributed by atoms with Crippen molar-refractivity contribution in [2.45, 2.75) is 6.04 Å². The van der Waals surface area contributed by atoms with E-state index in [4.69, 9.17) is 22.1 Å². The summed E-state index contributed by atoms with van der Waals surface area (Å²) in [4.78, 5) is 11.3. The number of methoxy groups -OCH3 is 1. The van der Waals surface area contributed by atoms with Gasteiger partial charge >= 0.3 is 0 Å². The Labute approximate surface area is 128 Å². The van der Waals surface area contributed by atoms with Crippen molar-refractivity contribution in [2.24, 2.45) is 5.73 Å². The molecule has 110 valence electrons. The van der Waals surface area contributed by atoms with E-state index in [0.717, 1.165) is 5.56 Å². The molecule has 5 heteroatoms. The van der Waals surface area contributed by atoms with Crippen LogP contribution in [0.3, 0.4) is 0 Å². The summed E-state index contributed by atoms with van der Waals surface area (Å²) in [5.41, 5.74) is 7.43. The van der Waals surface area contributed by atoms with E-state index in [0.29, 0.717) is 22.9 Å². The van der Waals surface area contributed by atoms with E-state index < -0.39 is 5.91 Å². The number of carbonyl (C=O) groups excluding carboxylic acids is 1. The second-order valence-electron chi connectivity index (χ2n) is 4.62. The molecule has 21 heavy (non-hydrogen) atoms. The van der Waals surface area contributed by atoms with Crippen molar-refractivity contribution in [1.29, 1.82) is 0 Å². The Balaban J connectivity index is 2.28. The third-order valence-corrected chi connectivity index (χ3v) is 3.45. The van der Waals surface area contributed by atoms with Gasteiger partial charge in [0.05, 0.1) is 23.4 Å². The molecule has 0 aliphatic heterocycles. The molecule has 0 aliphatic carbocycles. The van der Waals surface area contributed by atoms with Crippen molar-refractivity contribution >= 4 is 23.2 Å². The van der Waals surface area contributed by atoms with Crippen LogP contribution < -0.4 is 11.1 Å². The quantitative estimate of drug-likeness (QED) is 0.861. The van der Waals surface area contributed by atoms with E-state index in [-0.39, 0.29) is 6.04 Å². The molecule has 0 saturated carbocycles. The number of hydrogen-bond acceptors (Lipinski definition) is 3. The molecule has 1 amide bonds. The molecule has 1 atom stereocenters. The Morgan fingerprint density at radius 3 is 2.62 bits per heavy atom. The maximum atomic E-state index is 11.3. The number of nitrogens with two attached hydrogens (primary N) is 1. The fraction of sp³-hybridized carbons (Fsp3) is 0.188. The fourth-order valence-corrected chi connectivity index (χ4v) is 2.22. The van der Waals surface area contributed by atoms with Crippen LogP contribution in [0.5, 0.6) is 0 Å². The van der Waals surface area contributed by atoms with E-state index >= 15 is 0 Å². The summed E-state index contributed by atoms with van der Waals surface area (Å²) in [5.74, 6) is -0.488. The summed E-state index contributed by atoms with van der Waals surface area (Å²) in [6, 6.07) is 14.7. The van der Waals surface area contributed by atoms with Crippen LogP contribution >= 0.6 is 11.6 Å². The first-order valence-electron chi connectivity index (χ1n) is 6.51. The van der Waals surface area contributed by atoms with Crippen molar-refractivity contribution in [3.8, 4) is 0 Å². The molecule has 0 spiro atoms. The lowest BCUT2D eigenvalue weighted by atomic mass is 10.1. The zero-order valence-electron chi connectivity index (χ0n) is 11.7. The molecule has 0 saturated heterocycles. The highest BCUT2D eigenvalue weighted by molar-refractivity contribution is 6.33.